The maximum Gasteiger partial charge on any atom is 0.149 e. The normalized spacial score (nSPS) is 20.0. The van der Waals surface area contributed by atoms with E-state index in [1.54, 1.807) is 0 Å². The molecule has 4 heterocycles. The minimum Gasteiger partial charge on any atom is -0.304 e. The van der Waals surface area contributed by atoms with Crippen molar-refractivity contribution in [2.75, 3.05) is 159 Å². The molecule has 4 fully saturated rings. The molecule has 0 saturated carbocycles. The number of ketones is 4. The van der Waals surface area contributed by atoms with Crippen LogP contribution < -0.4 is 0 Å². The van der Waals surface area contributed by atoms with E-state index in [0.29, 0.717) is 29.7 Å². The van der Waals surface area contributed by atoms with Crippen LogP contribution in [0.5, 0.6) is 0 Å². The van der Waals surface area contributed by atoms with Gasteiger partial charge in [0.25, 0.3) is 0 Å². The second kappa shape index (κ2) is 31.2. The van der Waals surface area contributed by atoms with Crippen LogP contribution in [0, 0.1) is 23.7 Å². The van der Waals surface area contributed by atoms with Crippen LogP contribution in [-0.4, -0.2) is 221 Å². The number of likely N-dealkylation sites (N-methyl/N-ethyl adjacent to an activating group) is 4. The Morgan fingerprint density at radius 1 is 0.328 bits per heavy atom. The summed E-state index contributed by atoms with van der Waals surface area (Å²) in [6.45, 7) is 37.8. The molecule has 4 aliphatic heterocycles. The molecule has 4 aliphatic rings. The highest BCUT2D eigenvalue weighted by molar-refractivity contribution is 5.82. The van der Waals surface area contributed by atoms with E-state index in [0.717, 1.165) is 124 Å². The van der Waals surface area contributed by atoms with Crippen molar-refractivity contribution in [3.05, 3.63) is 0 Å². The molecule has 0 aliphatic carbocycles. The van der Waals surface area contributed by atoms with E-state index < -0.39 is 0 Å². The van der Waals surface area contributed by atoms with Crippen molar-refractivity contribution in [3.8, 4) is 0 Å². The summed E-state index contributed by atoms with van der Waals surface area (Å²) in [5, 5.41) is 0. The number of unbranched alkanes of at least 4 members (excludes halogenated alkanes) is 1. The maximum absolute atomic E-state index is 11.4. The molecular weight excluding hydrogens is 729 g/mol. The van der Waals surface area contributed by atoms with E-state index in [1.807, 2.05) is 55.4 Å². The lowest BCUT2D eigenvalue weighted by Crippen LogP contribution is -2.46. The molecule has 0 radical (unpaired) electrons. The van der Waals surface area contributed by atoms with E-state index >= 15 is 0 Å². The quantitative estimate of drug-likeness (QED) is 0.186. The highest BCUT2D eigenvalue weighted by atomic mass is 16.1. The van der Waals surface area contributed by atoms with Gasteiger partial charge in [0.2, 0.25) is 0 Å². The molecule has 0 amide bonds. The van der Waals surface area contributed by atoms with Gasteiger partial charge in [0.15, 0.2) is 0 Å². The summed E-state index contributed by atoms with van der Waals surface area (Å²) < 4.78 is 0. The minimum absolute atomic E-state index is 0.180. The van der Waals surface area contributed by atoms with Crippen LogP contribution in [0.1, 0.15) is 93.9 Å². The molecule has 0 bridgehead atoms. The van der Waals surface area contributed by atoms with Crippen LogP contribution in [0.15, 0.2) is 0 Å². The predicted octanol–water partition coefficient (Wildman–Crippen LogP) is 4.18. The fraction of sp³-hybridized carbons (Fsp3) is 0.913. The predicted molar refractivity (Wildman–Crippen MR) is 243 cm³/mol. The summed E-state index contributed by atoms with van der Waals surface area (Å²) >= 11 is 0. The van der Waals surface area contributed by atoms with Crippen molar-refractivity contribution < 1.29 is 19.2 Å². The van der Waals surface area contributed by atoms with E-state index in [-0.39, 0.29) is 23.7 Å². The van der Waals surface area contributed by atoms with Gasteiger partial charge in [-0.1, -0.05) is 55.4 Å². The fourth-order valence-corrected chi connectivity index (χ4v) is 6.87. The van der Waals surface area contributed by atoms with Gasteiger partial charge in [-0.25, -0.2) is 0 Å². The molecule has 0 atom stereocenters. The number of carbonyl (C=O) groups excluding carboxylic acids is 4. The van der Waals surface area contributed by atoms with E-state index in [1.165, 1.54) is 39.1 Å². The molecule has 12 nitrogen and oxygen atoms in total. The summed E-state index contributed by atoms with van der Waals surface area (Å²) in [6.07, 6.45) is 5.50. The van der Waals surface area contributed by atoms with Gasteiger partial charge in [0.1, 0.15) is 23.1 Å². The Morgan fingerprint density at radius 3 is 0.948 bits per heavy atom. The summed E-state index contributed by atoms with van der Waals surface area (Å²) in [5.74, 6) is 2.37. The second-order valence-electron chi connectivity index (χ2n) is 18.8. The number of piperazine rings is 4. The third-order valence-electron chi connectivity index (χ3n) is 12.1. The average molecular weight is 821 g/mol. The van der Waals surface area contributed by atoms with E-state index in [9.17, 15) is 19.2 Å². The number of hydrogen-bond donors (Lipinski definition) is 0. The van der Waals surface area contributed by atoms with Crippen molar-refractivity contribution in [1.82, 2.24) is 39.2 Å². The van der Waals surface area contributed by atoms with Crippen LogP contribution in [0.25, 0.3) is 0 Å². The molecule has 0 N–H and O–H groups in total. The first kappa shape index (κ1) is 54.4. The zero-order chi connectivity index (χ0) is 43.6. The van der Waals surface area contributed by atoms with Crippen molar-refractivity contribution in [2.45, 2.75) is 93.9 Å². The van der Waals surface area contributed by atoms with Crippen LogP contribution in [0.3, 0.4) is 0 Å². The van der Waals surface area contributed by atoms with Gasteiger partial charge < -0.3 is 34.3 Å². The first-order valence-electron chi connectivity index (χ1n) is 23.1. The lowest BCUT2D eigenvalue weighted by Gasteiger charge is -2.32. The van der Waals surface area contributed by atoms with Crippen molar-refractivity contribution in [1.29, 1.82) is 0 Å². The molecule has 0 aromatic rings. The monoisotopic (exact) mass is 821 g/mol. The Balaban J connectivity index is 0.000000388. The van der Waals surface area contributed by atoms with Crippen molar-refractivity contribution in [2.24, 2.45) is 23.7 Å². The average Bonchev–Trinajstić information content (AvgIpc) is 3.19. The van der Waals surface area contributed by atoms with Gasteiger partial charge in [-0.15, -0.1) is 0 Å². The van der Waals surface area contributed by atoms with Crippen molar-refractivity contribution >= 4 is 23.1 Å². The van der Waals surface area contributed by atoms with Crippen LogP contribution in [-0.2, 0) is 19.2 Å². The van der Waals surface area contributed by atoms with E-state index in [4.69, 9.17) is 0 Å². The van der Waals surface area contributed by atoms with Gasteiger partial charge in [-0.3, -0.25) is 24.1 Å². The Bertz CT molecular complexity index is 1100. The minimum atomic E-state index is 0.180. The topological polar surface area (TPSA) is 94.2 Å². The van der Waals surface area contributed by atoms with Crippen molar-refractivity contribution in [3.63, 3.8) is 0 Å². The lowest BCUT2D eigenvalue weighted by molar-refractivity contribution is -0.123. The highest BCUT2D eigenvalue weighted by Gasteiger charge is 2.19. The third-order valence-corrected chi connectivity index (χ3v) is 12.1. The molecule has 0 unspecified atom stereocenters. The lowest BCUT2D eigenvalue weighted by atomic mass is 10.0. The zero-order valence-corrected chi connectivity index (χ0v) is 39.9. The molecule has 4 saturated heterocycles. The second-order valence-corrected chi connectivity index (χ2v) is 18.8. The Morgan fingerprint density at radius 2 is 0.603 bits per heavy atom. The van der Waals surface area contributed by atoms with Gasteiger partial charge in [0, 0.05) is 154 Å². The highest BCUT2D eigenvalue weighted by Crippen LogP contribution is 2.09. The molecule has 0 spiro atoms. The molecule has 12 heteroatoms. The summed E-state index contributed by atoms with van der Waals surface area (Å²) in [5.41, 5.74) is 0. The zero-order valence-electron chi connectivity index (χ0n) is 39.9. The number of nitrogens with zero attached hydrogens (tertiary/aromatic N) is 8. The summed E-state index contributed by atoms with van der Waals surface area (Å²) in [7, 11) is 8.62. The molecule has 4 rings (SSSR count). The molecule has 58 heavy (non-hydrogen) atoms. The fourth-order valence-electron chi connectivity index (χ4n) is 6.87. The first-order chi connectivity index (χ1) is 27.4. The molecule has 0 aromatic carbocycles. The Kier molecular flexibility index (Phi) is 29.3. The SMILES string of the molecule is CC(C)C(=O)CCCCN1CCN(C)CC1.CC(C)C(=O)CCCN1CCN(C)CC1.CC(C)C(=O)CCN1CCN(C)CC1.CC(C)C(=O)CN1CCN(C)CC1. The Labute approximate surface area is 357 Å². The van der Waals surface area contributed by atoms with Crippen LogP contribution in [0.2, 0.25) is 0 Å². The number of rotatable bonds is 18. The largest absolute Gasteiger partial charge is 0.304 e. The molecule has 340 valence electrons. The standard InChI is InChI=1S/C13H26N2O.C12H24N2O.C11H22N2O.C10H20N2O/c1-12(2)13(16)6-4-5-7-15-10-8-14(3)9-11-15;1-11(2)12(15)5-4-6-14-9-7-13(3)8-10-14;1-10(2)11(14)4-5-13-8-6-12(3)7-9-13;1-9(2)10(13)8-12-6-4-11(3)5-7-12/h12H,4-11H2,1-3H3;11H,4-10H2,1-3H3;10H,4-9H2,1-3H3;9H,4-8H2,1-3H3. The molecule has 0 aromatic heterocycles. The Hall–Kier alpha value is -1.64. The van der Waals surface area contributed by atoms with Gasteiger partial charge >= 0.3 is 0 Å². The van der Waals surface area contributed by atoms with Crippen LogP contribution >= 0.6 is 0 Å². The third kappa shape index (κ3) is 26.5. The summed E-state index contributed by atoms with van der Waals surface area (Å²) in [6, 6.07) is 0. The first-order valence-corrected chi connectivity index (χ1v) is 23.1. The van der Waals surface area contributed by atoms with Gasteiger partial charge in [0.05, 0.1) is 6.54 Å². The number of Topliss-reactive ketones (excluding diaryl/α,β-unsaturated/α-hetero) is 4. The molecular formula is C46H92N8O4. The number of carbonyl (C=O) groups is 4. The van der Waals surface area contributed by atoms with Crippen LogP contribution in [0.4, 0.5) is 0 Å². The summed E-state index contributed by atoms with van der Waals surface area (Å²) in [4.78, 5) is 64.7. The maximum atomic E-state index is 11.4. The van der Waals surface area contributed by atoms with Gasteiger partial charge in [-0.2, -0.15) is 0 Å². The van der Waals surface area contributed by atoms with E-state index in [2.05, 4.69) is 67.4 Å². The number of hydrogen-bond acceptors (Lipinski definition) is 12. The van der Waals surface area contributed by atoms with Gasteiger partial charge in [-0.05, 0) is 60.5 Å². The smallest absolute Gasteiger partial charge is 0.149 e.